The van der Waals surface area contributed by atoms with Gasteiger partial charge in [0.15, 0.2) is 0 Å². The van der Waals surface area contributed by atoms with E-state index >= 15 is 0 Å². The van der Waals surface area contributed by atoms with E-state index in [-0.39, 0.29) is 0 Å². The maximum absolute atomic E-state index is 6.28. The van der Waals surface area contributed by atoms with Crippen molar-refractivity contribution in [3.8, 4) is 0 Å². The van der Waals surface area contributed by atoms with Gasteiger partial charge in [-0.2, -0.15) is 0 Å². The molecule has 0 aromatic rings. The average molecular weight is 293 g/mol. The standard InChI is InChI=1S/C18H32OSi/c1-14(2)9-8-10-15(3)17-12-11-16(4)18(13-17)19-20(5,6)7/h8-10,13,15-17H,11-12H2,1-7H3/t15-,16+,17?/m1/s1. The number of rotatable bonds is 5. The third kappa shape index (κ3) is 6.13. The summed E-state index contributed by atoms with van der Waals surface area (Å²) < 4.78 is 6.28. The first-order valence-electron chi connectivity index (χ1n) is 7.91. The van der Waals surface area contributed by atoms with E-state index in [0.717, 1.165) is 0 Å². The van der Waals surface area contributed by atoms with Crippen molar-refractivity contribution in [2.24, 2.45) is 17.8 Å². The van der Waals surface area contributed by atoms with Crippen LogP contribution in [0.3, 0.4) is 0 Å². The fraction of sp³-hybridized carbons (Fsp3) is 0.667. The topological polar surface area (TPSA) is 9.23 Å². The van der Waals surface area contributed by atoms with Gasteiger partial charge in [0.05, 0.1) is 5.76 Å². The van der Waals surface area contributed by atoms with Crippen LogP contribution in [0.1, 0.15) is 40.5 Å². The normalized spacial score (nSPS) is 25.2. The highest BCUT2D eigenvalue weighted by atomic mass is 28.4. The lowest BCUT2D eigenvalue weighted by Gasteiger charge is -2.32. The van der Waals surface area contributed by atoms with Gasteiger partial charge >= 0.3 is 0 Å². The molecule has 0 aliphatic heterocycles. The van der Waals surface area contributed by atoms with E-state index in [1.807, 2.05) is 0 Å². The number of hydrogen-bond donors (Lipinski definition) is 0. The van der Waals surface area contributed by atoms with Crippen LogP contribution >= 0.6 is 0 Å². The van der Waals surface area contributed by atoms with Crippen LogP contribution in [-0.2, 0) is 4.43 Å². The summed E-state index contributed by atoms with van der Waals surface area (Å²) >= 11 is 0. The van der Waals surface area contributed by atoms with E-state index in [9.17, 15) is 0 Å². The molecule has 0 spiro atoms. The SMILES string of the molecule is CC(C)=CC=C[C@@H](C)C1C=C(O[Si](C)(C)C)[C@@H](C)CC1. The fourth-order valence-corrected chi connectivity index (χ4v) is 3.49. The van der Waals surface area contributed by atoms with Crippen molar-refractivity contribution < 1.29 is 4.43 Å². The fourth-order valence-electron chi connectivity index (χ4n) is 2.51. The summed E-state index contributed by atoms with van der Waals surface area (Å²) in [4.78, 5) is 0. The highest BCUT2D eigenvalue weighted by Gasteiger charge is 2.27. The Kier molecular flexibility index (Phi) is 6.31. The third-order valence-corrected chi connectivity index (χ3v) is 4.59. The first-order valence-corrected chi connectivity index (χ1v) is 11.3. The first-order chi connectivity index (χ1) is 9.19. The minimum Gasteiger partial charge on any atom is -0.547 e. The summed E-state index contributed by atoms with van der Waals surface area (Å²) in [5, 5.41) is 0. The molecule has 20 heavy (non-hydrogen) atoms. The molecular formula is C18H32OSi. The lowest BCUT2D eigenvalue weighted by molar-refractivity contribution is 0.287. The maximum Gasteiger partial charge on any atom is 0.241 e. The van der Waals surface area contributed by atoms with Crippen molar-refractivity contribution in [1.82, 2.24) is 0 Å². The number of allylic oxidation sites excluding steroid dienone is 6. The molecule has 0 amide bonds. The Morgan fingerprint density at radius 1 is 1.30 bits per heavy atom. The van der Waals surface area contributed by atoms with Crippen LogP contribution in [-0.4, -0.2) is 8.32 Å². The summed E-state index contributed by atoms with van der Waals surface area (Å²) in [5.74, 6) is 3.05. The van der Waals surface area contributed by atoms with Gasteiger partial charge in [0.1, 0.15) is 0 Å². The second-order valence-corrected chi connectivity index (χ2v) is 11.8. The Balaban J connectivity index is 2.75. The molecule has 0 radical (unpaired) electrons. The van der Waals surface area contributed by atoms with Crippen molar-refractivity contribution in [1.29, 1.82) is 0 Å². The highest BCUT2D eigenvalue weighted by Crippen LogP contribution is 2.34. The Hall–Kier alpha value is -0.763. The Morgan fingerprint density at radius 3 is 2.50 bits per heavy atom. The molecule has 1 rings (SSSR count). The van der Waals surface area contributed by atoms with Crippen LogP contribution in [0.5, 0.6) is 0 Å². The van der Waals surface area contributed by atoms with Crippen LogP contribution in [0.15, 0.2) is 35.6 Å². The Bertz CT molecular complexity index is 394. The molecule has 0 fully saturated rings. The molecule has 2 heteroatoms. The van der Waals surface area contributed by atoms with E-state index in [2.05, 4.69) is 71.6 Å². The zero-order valence-electron chi connectivity index (χ0n) is 14.4. The molecule has 0 aromatic carbocycles. The van der Waals surface area contributed by atoms with Gasteiger partial charge < -0.3 is 4.43 Å². The predicted octanol–water partition coefficient (Wildman–Crippen LogP) is 5.93. The zero-order chi connectivity index (χ0) is 15.3. The van der Waals surface area contributed by atoms with Gasteiger partial charge in [-0.3, -0.25) is 0 Å². The molecule has 3 atom stereocenters. The first kappa shape index (κ1) is 17.3. The Morgan fingerprint density at radius 2 is 1.95 bits per heavy atom. The summed E-state index contributed by atoms with van der Waals surface area (Å²) in [6, 6.07) is 0. The third-order valence-electron chi connectivity index (χ3n) is 3.74. The minimum atomic E-state index is -1.49. The minimum absolute atomic E-state index is 0.582. The van der Waals surface area contributed by atoms with E-state index in [4.69, 9.17) is 4.43 Å². The molecule has 1 aliphatic rings. The van der Waals surface area contributed by atoms with E-state index in [1.54, 1.807) is 0 Å². The van der Waals surface area contributed by atoms with Gasteiger partial charge in [-0.15, -0.1) is 0 Å². The van der Waals surface area contributed by atoms with Gasteiger partial charge in [0.2, 0.25) is 8.32 Å². The molecule has 1 unspecified atom stereocenters. The monoisotopic (exact) mass is 292 g/mol. The van der Waals surface area contributed by atoms with Crippen molar-refractivity contribution >= 4 is 8.32 Å². The molecule has 0 saturated heterocycles. The van der Waals surface area contributed by atoms with Crippen molar-refractivity contribution in [2.75, 3.05) is 0 Å². The smallest absolute Gasteiger partial charge is 0.241 e. The van der Waals surface area contributed by atoms with Crippen LogP contribution in [0.2, 0.25) is 19.6 Å². The zero-order valence-corrected chi connectivity index (χ0v) is 15.4. The molecule has 0 aromatic heterocycles. The summed E-state index contributed by atoms with van der Waals surface area (Å²) in [6.45, 7) is 15.7. The summed E-state index contributed by atoms with van der Waals surface area (Å²) in [7, 11) is -1.49. The molecule has 0 bridgehead atoms. The highest BCUT2D eigenvalue weighted by molar-refractivity contribution is 6.70. The van der Waals surface area contributed by atoms with E-state index in [1.165, 1.54) is 24.2 Å². The van der Waals surface area contributed by atoms with Crippen LogP contribution in [0.25, 0.3) is 0 Å². The molecule has 1 nitrogen and oxygen atoms in total. The molecular weight excluding hydrogens is 260 g/mol. The lowest BCUT2D eigenvalue weighted by Crippen LogP contribution is -2.29. The molecule has 1 aliphatic carbocycles. The second kappa shape index (κ2) is 7.30. The van der Waals surface area contributed by atoms with Crippen LogP contribution in [0, 0.1) is 17.8 Å². The van der Waals surface area contributed by atoms with Gasteiger partial charge in [0, 0.05) is 5.92 Å². The summed E-state index contributed by atoms with van der Waals surface area (Å²) in [6.07, 6.45) is 11.7. The van der Waals surface area contributed by atoms with E-state index < -0.39 is 8.32 Å². The summed E-state index contributed by atoms with van der Waals surface area (Å²) in [5.41, 5.74) is 1.35. The van der Waals surface area contributed by atoms with Gasteiger partial charge in [-0.25, -0.2) is 0 Å². The van der Waals surface area contributed by atoms with E-state index in [0.29, 0.717) is 17.8 Å². The second-order valence-electron chi connectivity index (χ2n) is 7.41. The quantitative estimate of drug-likeness (QED) is 0.451. The number of hydrogen-bond acceptors (Lipinski definition) is 1. The van der Waals surface area contributed by atoms with Crippen molar-refractivity contribution in [2.45, 2.75) is 60.2 Å². The maximum atomic E-state index is 6.28. The van der Waals surface area contributed by atoms with Crippen molar-refractivity contribution in [3.63, 3.8) is 0 Å². The average Bonchev–Trinajstić information content (AvgIpc) is 2.29. The van der Waals surface area contributed by atoms with Gasteiger partial charge in [-0.05, 0) is 64.2 Å². The predicted molar refractivity (Wildman–Crippen MR) is 92.1 cm³/mol. The molecule has 0 saturated carbocycles. The van der Waals surface area contributed by atoms with Gasteiger partial charge in [0.25, 0.3) is 0 Å². The lowest BCUT2D eigenvalue weighted by atomic mass is 9.81. The molecule has 114 valence electrons. The van der Waals surface area contributed by atoms with Crippen LogP contribution in [0.4, 0.5) is 0 Å². The molecule has 0 N–H and O–H groups in total. The Labute approximate surface area is 126 Å². The molecule has 0 heterocycles. The van der Waals surface area contributed by atoms with Crippen LogP contribution < -0.4 is 0 Å². The largest absolute Gasteiger partial charge is 0.547 e. The van der Waals surface area contributed by atoms with Gasteiger partial charge in [-0.1, -0.05) is 37.6 Å². The van der Waals surface area contributed by atoms with Crippen molar-refractivity contribution in [3.05, 3.63) is 35.6 Å².